The minimum atomic E-state index is -2.72. The van der Waals surface area contributed by atoms with Crippen LogP contribution in [0.25, 0.3) is 10.9 Å². The molecule has 0 amide bonds. The Labute approximate surface area is 165 Å². The van der Waals surface area contributed by atoms with Gasteiger partial charge in [-0.15, -0.1) is 0 Å². The van der Waals surface area contributed by atoms with Crippen molar-refractivity contribution in [2.45, 2.75) is 31.7 Å². The van der Waals surface area contributed by atoms with Crippen molar-refractivity contribution in [1.82, 2.24) is 14.8 Å². The van der Waals surface area contributed by atoms with Crippen LogP contribution in [0.4, 0.5) is 8.78 Å². The number of nitrogens with zero attached hydrogens (tertiary/aromatic N) is 3. The van der Waals surface area contributed by atoms with Crippen molar-refractivity contribution in [1.29, 1.82) is 0 Å². The number of benzene rings is 1. The van der Waals surface area contributed by atoms with Gasteiger partial charge in [-0.3, -0.25) is 9.48 Å². The third-order valence-corrected chi connectivity index (χ3v) is 5.24. The number of carbonyl (C=O) groups is 1. The van der Waals surface area contributed by atoms with Crippen LogP contribution in [0.2, 0.25) is 5.02 Å². The van der Waals surface area contributed by atoms with E-state index in [9.17, 15) is 13.6 Å². The van der Waals surface area contributed by atoms with Gasteiger partial charge in [0.1, 0.15) is 11.4 Å². The average molecular weight is 406 g/mol. The fraction of sp³-hybridized carbons (Fsp3) is 0.350. The highest BCUT2D eigenvalue weighted by atomic mass is 35.5. The zero-order chi connectivity index (χ0) is 19.7. The van der Waals surface area contributed by atoms with Crippen LogP contribution in [0.1, 0.15) is 47.1 Å². The van der Waals surface area contributed by atoms with Gasteiger partial charge in [-0.05, 0) is 42.7 Å². The molecule has 0 spiro atoms. The predicted octanol–water partition coefficient (Wildman–Crippen LogP) is 4.80. The zero-order valence-electron chi connectivity index (χ0n) is 14.9. The molecule has 0 saturated carbocycles. The molecule has 8 heteroatoms. The van der Waals surface area contributed by atoms with Crippen molar-refractivity contribution in [3.8, 4) is 0 Å². The van der Waals surface area contributed by atoms with E-state index in [4.69, 9.17) is 16.3 Å². The van der Waals surface area contributed by atoms with Gasteiger partial charge in [0.2, 0.25) is 0 Å². The maximum Gasteiger partial charge on any atom is 0.280 e. The number of hydrogen-bond acceptors (Lipinski definition) is 4. The summed E-state index contributed by atoms with van der Waals surface area (Å²) in [5.74, 6) is -0.361. The average Bonchev–Trinajstić information content (AvgIpc) is 3.11. The summed E-state index contributed by atoms with van der Waals surface area (Å²) in [7, 11) is 0. The van der Waals surface area contributed by atoms with Crippen molar-refractivity contribution in [3.05, 3.63) is 58.5 Å². The molecule has 3 heterocycles. The number of carbonyl (C=O) groups excluding carboxylic acids is 1. The number of aromatic nitrogens is 3. The molecule has 0 unspecified atom stereocenters. The highest BCUT2D eigenvalue weighted by Crippen LogP contribution is 2.28. The first-order valence-corrected chi connectivity index (χ1v) is 9.42. The highest BCUT2D eigenvalue weighted by Gasteiger charge is 2.19. The van der Waals surface area contributed by atoms with E-state index in [2.05, 4.69) is 10.1 Å². The second kappa shape index (κ2) is 7.93. The third-order valence-electron chi connectivity index (χ3n) is 4.89. The standard InChI is InChI=1S/C20H18ClF2N3O2/c21-15-10-18-13(11-26(25-18)14-4-6-28-7-5-14)8-12(15)9-19(27)16-2-1-3-17(24-16)20(22)23/h1-3,8,10-11,14,20H,4-7,9H2. The van der Waals surface area contributed by atoms with Crippen LogP contribution in [0.5, 0.6) is 0 Å². The number of alkyl halides is 2. The summed E-state index contributed by atoms with van der Waals surface area (Å²) in [5.41, 5.74) is 0.970. The Hall–Kier alpha value is -2.38. The molecule has 4 rings (SSSR count). The Morgan fingerprint density at radius 3 is 2.82 bits per heavy atom. The molecule has 0 bridgehead atoms. The summed E-state index contributed by atoms with van der Waals surface area (Å²) in [6.07, 6.45) is 1.02. The Balaban J connectivity index is 1.59. The van der Waals surface area contributed by atoms with E-state index < -0.39 is 12.1 Å². The molecule has 1 aromatic carbocycles. The molecule has 0 radical (unpaired) electrons. The van der Waals surface area contributed by atoms with Gasteiger partial charge in [0.05, 0.1) is 11.6 Å². The fourth-order valence-electron chi connectivity index (χ4n) is 3.38. The molecular weight excluding hydrogens is 388 g/mol. The first-order valence-electron chi connectivity index (χ1n) is 9.04. The molecule has 1 fully saturated rings. The summed E-state index contributed by atoms with van der Waals surface area (Å²) < 4.78 is 33.0. The van der Waals surface area contributed by atoms with E-state index >= 15 is 0 Å². The van der Waals surface area contributed by atoms with E-state index in [0.717, 1.165) is 23.7 Å². The minimum Gasteiger partial charge on any atom is -0.381 e. The lowest BCUT2D eigenvalue weighted by Gasteiger charge is -2.22. The van der Waals surface area contributed by atoms with Crippen LogP contribution in [0.3, 0.4) is 0 Å². The topological polar surface area (TPSA) is 57.0 Å². The normalized spacial score (nSPS) is 15.4. The molecule has 3 aromatic rings. The minimum absolute atomic E-state index is 0.00636. The van der Waals surface area contributed by atoms with E-state index in [1.807, 2.05) is 16.9 Å². The first kappa shape index (κ1) is 19.0. The van der Waals surface area contributed by atoms with Crippen molar-refractivity contribution in [2.24, 2.45) is 0 Å². The van der Waals surface area contributed by atoms with E-state index in [0.29, 0.717) is 23.8 Å². The van der Waals surface area contributed by atoms with Crippen LogP contribution >= 0.6 is 11.6 Å². The molecule has 0 N–H and O–H groups in total. The summed E-state index contributed by atoms with van der Waals surface area (Å²) in [6, 6.07) is 7.89. The zero-order valence-corrected chi connectivity index (χ0v) is 15.7. The lowest BCUT2D eigenvalue weighted by atomic mass is 10.0. The Kier molecular flexibility index (Phi) is 5.37. The van der Waals surface area contributed by atoms with Crippen LogP contribution in [0, 0.1) is 0 Å². The van der Waals surface area contributed by atoms with Gasteiger partial charge in [-0.2, -0.15) is 5.10 Å². The summed E-state index contributed by atoms with van der Waals surface area (Å²) >= 11 is 6.35. The number of Topliss-reactive ketones (excluding diaryl/α,β-unsaturated/α-hetero) is 1. The summed E-state index contributed by atoms with van der Waals surface area (Å²) in [4.78, 5) is 16.3. The Morgan fingerprint density at radius 2 is 2.07 bits per heavy atom. The quantitative estimate of drug-likeness (QED) is 0.572. The van der Waals surface area contributed by atoms with E-state index in [-0.39, 0.29) is 23.9 Å². The molecule has 1 saturated heterocycles. The first-order chi connectivity index (χ1) is 13.5. The van der Waals surface area contributed by atoms with Gasteiger partial charge in [0.25, 0.3) is 6.43 Å². The summed E-state index contributed by atoms with van der Waals surface area (Å²) in [5, 5.41) is 5.90. The largest absolute Gasteiger partial charge is 0.381 e. The number of fused-ring (bicyclic) bond motifs is 1. The predicted molar refractivity (Wildman–Crippen MR) is 101 cm³/mol. The molecule has 5 nitrogen and oxygen atoms in total. The molecule has 1 aliphatic rings. The van der Waals surface area contributed by atoms with Crippen molar-refractivity contribution < 1.29 is 18.3 Å². The Bertz CT molecular complexity index is 1020. The number of rotatable bonds is 5. The number of ketones is 1. The van der Waals surface area contributed by atoms with Gasteiger partial charge in [0.15, 0.2) is 5.78 Å². The van der Waals surface area contributed by atoms with Gasteiger partial charge in [0, 0.05) is 36.2 Å². The second-order valence-electron chi connectivity index (χ2n) is 6.80. The molecule has 28 heavy (non-hydrogen) atoms. The van der Waals surface area contributed by atoms with E-state index in [1.54, 1.807) is 6.07 Å². The van der Waals surface area contributed by atoms with Crippen molar-refractivity contribution in [2.75, 3.05) is 13.2 Å². The molecule has 0 aliphatic carbocycles. The van der Waals surface area contributed by atoms with Crippen molar-refractivity contribution >= 4 is 28.3 Å². The SMILES string of the molecule is O=C(Cc1cc2cn(C3CCOCC3)nc2cc1Cl)c1cccc(C(F)F)n1. The lowest BCUT2D eigenvalue weighted by molar-refractivity contribution is 0.0664. The number of halogens is 3. The van der Waals surface area contributed by atoms with Gasteiger partial charge < -0.3 is 4.74 Å². The molecule has 1 aliphatic heterocycles. The second-order valence-corrected chi connectivity index (χ2v) is 7.21. The maximum absolute atomic E-state index is 12.8. The Morgan fingerprint density at radius 1 is 1.29 bits per heavy atom. The van der Waals surface area contributed by atoms with E-state index in [1.165, 1.54) is 18.2 Å². The van der Waals surface area contributed by atoms with Crippen LogP contribution in [-0.2, 0) is 11.2 Å². The van der Waals surface area contributed by atoms with Gasteiger partial charge in [-0.25, -0.2) is 13.8 Å². The number of ether oxygens (including phenoxy) is 1. The molecule has 146 valence electrons. The third kappa shape index (κ3) is 3.91. The van der Waals surface area contributed by atoms with Crippen LogP contribution < -0.4 is 0 Å². The number of hydrogen-bond donors (Lipinski definition) is 0. The van der Waals surface area contributed by atoms with Gasteiger partial charge in [-0.1, -0.05) is 17.7 Å². The maximum atomic E-state index is 12.8. The number of pyridine rings is 1. The lowest BCUT2D eigenvalue weighted by Crippen LogP contribution is -2.19. The summed E-state index contributed by atoms with van der Waals surface area (Å²) in [6.45, 7) is 1.43. The molecule has 0 atom stereocenters. The van der Waals surface area contributed by atoms with Crippen molar-refractivity contribution in [3.63, 3.8) is 0 Å². The fourth-order valence-corrected chi connectivity index (χ4v) is 3.60. The van der Waals surface area contributed by atoms with Gasteiger partial charge >= 0.3 is 0 Å². The highest BCUT2D eigenvalue weighted by molar-refractivity contribution is 6.32. The van der Waals surface area contributed by atoms with Crippen LogP contribution in [0.15, 0.2) is 36.5 Å². The molecule has 2 aromatic heterocycles. The van der Waals surface area contributed by atoms with Crippen LogP contribution in [-0.4, -0.2) is 33.8 Å². The monoisotopic (exact) mass is 405 g/mol. The molecular formula is C20H18ClF2N3O2. The smallest absolute Gasteiger partial charge is 0.280 e.